The second kappa shape index (κ2) is 7.73. The molecule has 1 aromatic carbocycles. The summed E-state index contributed by atoms with van der Waals surface area (Å²) in [5, 5.41) is 0.757. The summed E-state index contributed by atoms with van der Waals surface area (Å²) < 4.78 is 16.2. The molecule has 1 aliphatic rings. The Kier molecular flexibility index (Phi) is 5.54. The highest BCUT2D eigenvalue weighted by atomic mass is 16.6. The van der Waals surface area contributed by atoms with Crippen LogP contribution in [0.2, 0.25) is 0 Å². The molecule has 0 atom stereocenters. The van der Waals surface area contributed by atoms with Gasteiger partial charge in [-0.2, -0.15) is 0 Å². The van der Waals surface area contributed by atoms with Crippen molar-refractivity contribution in [2.24, 2.45) is 0 Å². The molecule has 0 saturated carbocycles. The fourth-order valence-corrected chi connectivity index (χ4v) is 3.34. The predicted molar refractivity (Wildman–Crippen MR) is 107 cm³/mol. The van der Waals surface area contributed by atoms with Crippen LogP contribution in [0.3, 0.4) is 0 Å². The number of amides is 1. The van der Waals surface area contributed by atoms with Crippen molar-refractivity contribution >= 4 is 28.7 Å². The normalized spacial score (nSPS) is 15.0. The molecule has 3 rings (SSSR count). The van der Waals surface area contributed by atoms with Gasteiger partial charge in [0.2, 0.25) is 0 Å². The van der Waals surface area contributed by atoms with Crippen LogP contribution in [0, 0.1) is 6.92 Å². The number of hydrogen-bond donors (Lipinski definition) is 0. The van der Waals surface area contributed by atoms with Crippen molar-refractivity contribution in [3.63, 3.8) is 0 Å². The van der Waals surface area contributed by atoms with Gasteiger partial charge in [-0.3, -0.25) is 0 Å². The molecule has 1 saturated heterocycles. The van der Waals surface area contributed by atoms with Crippen molar-refractivity contribution in [2.45, 2.75) is 40.2 Å². The molecular weight excluding hydrogens is 360 g/mol. The number of nitrogens with zero attached hydrogens (tertiary/aromatic N) is 2. The molecule has 7 heteroatoms. The predicted octanol–water partition coefficient (Wildman–Crippen LogP) is 3.98. The van der Waals surface area contributed by atoms with E-state index >= 15 is 0 Å². The monoisotopic (exact) mass is 388 g/mol. The zero-order valence-corrected chi connectivity index (χ0v) is 17.2. The van der Waals surface area contributed by atoms with Crippen LogP contribution in [0.4, 0.5) is 10.5 Å². The quantitative estimate of drug-likeness (QED) is 0.741. The molecule has 1 fully saturated rings. The third-order valence-corrected chi connectivity index (χ3v) is 4.66. The van der Waals surface area contributed by atoms with Crippen molar-refractivity contribution in [1.29, 1.82) is 0 Å². The van der Waals surface area contributed by atoms with Crippen molar-refractivity contribution in [3.05, 3.63) is 29.5 Å². The number of fused-ring (bicyclic) bond motifs is 1. The number of esters is 1. The standard InChI is InChI=1S/C21H28N2O5/c1-6-26-19(24)16-13-27-18-12-17(14(2)11-15(16)18)22-7-9-23(10-8-22)20(25)28-21(3,4)5/h11-13H,6-10H2,1-5H3. The van der Waals surface area contributed by atoms with Gasteiger partial charge in [-0.1, -0.05) is 0 Å². The Hall–Kier alpha value is -2.70. The van der Waals surface area contributed by atoms with Crippen LogP contribution < -0.4 is 4.90 Å². The van der Waals surface area contributed by atoms with E-state index in [2.05, 4.69) is 4.90 Å². The molecule has 1 aromatic heterocycles. The van der Waals surface area contributed by atoms with Crippen LogP contribution in [0.1, 0.15) is 43.6 Å². The Balaban J connectivity index is 1.74. The maximum absolute atomic E-state index is 12.2. The third-order valence-electron chi connectivity index (χ3n) is 4.66. The van der Waals surface area contributed by atoms with Gasteiger partial charge in [0, 0.05) is 43.3 Å². The van der Waals surface area contributed by atoms with Gasteiger partial charge in [0.1, 0.15) is 23.0 Å². The van der Waals surface area contributed by atoms with Crippen LogP contribution in [-0.2, 0) is 9.47 Å². The SMILES string of the molecule is CCOC(=O)c1coc2cc(N3CCN(C(=O)OC(C)(C)C)CC3)c(C)cc12. The Morgan fingerprint density at radius 3 is 2.43 bits per heavy atom. The zero-order valence-electron chi connectivity index (χ0n) is 17.2. The summed E-state index contributed by atoms with van der Waals surface area (Å²) in [6, 6.07) is 3.91. The van der Waals surface area contributed by atoms with Crippen molar-refractivity contribution in [3.8, 4) is 0 Å². The van der Waals surface area contributed by atoms with Crippen LogP contribution in [-0.4, -0.2) is 55.3 Å². The second-order valence-corrected chi connectivity index (χ2v) is 7.96. The van der Waals surface area contributed by atoms with Gasteiger partial charge in [-0.15, -0.1) is 0 Å². The summed E-state index contributed by atoms with van der Waals surface area (Å²) in [5.74, 6) is -0.376. The summed E-state index contributed by atoms with van der Waals surface area (Å²) in [5.41, 5.74) is 2.69. The Labute approximate surface area is 165 Å². The lowest BCUT2D eigenvalue weighted by Gasteiger charge is -2.37. The molecule has 152 valence electrons. The minimum Gasteiger partial charge on any atom is -0.463 e. The molecule has 1 aliphatic heterocycles. The first-order chi connectivity index (χ1) is 13.2. The topological polar surface area (TPSA) is 72.2 Å². The Morgan fingerprint density at radius 1 is 1.14 bits per heavy atom. The summed E-state index contributed by atoms with van der Waals surface area (Å²) in [7, 11) is 0. The van der Waals surface area contributed by atoms with E-state index in [1.807, 2.05) is 39.8 Å². The summed E-state index contributed by atoms with van der Waals surface area (Å²) in [6.45, 7) is 12.3. The van der Waals surface area contributed by atoms with Crippen molar-refractivity contribution in [2.75, 3.05) is 37.7 Å². The molecule has 28 heavy (non-hydrogen) atoms. The molecule has 0 aliphatic carbocycles. The highest BCUT2D eigenvalue weighted by Gasteiger charge is 2.27. The minimum absolute atomic E-state index is 0.274. The molecule has 1 amide bonds. The number of carbonyl (C=O) groups excluding carboxylic acids is 2. The van der Waals surface area contributed by atoms with E-state index in [-0.39, 0.29) is 12.1 Å². The van der Waals surface area contributed by atoms with E-state index in [9.17, 15) is 9.59 Å². The van der Waals surface area contributed by atoms with Gasteiger partial charge in [0.15, 0.2) is 0 Å². The van der Waals surface area contributed by atoms with Gasteiger partial charge in [0.25, 0.3) is 0 Å². The average molecular weight is 388 g/mol. The van der Waals surface area contributed by atoms with E-state index < -0.39 is 5.60 Å². The molecule has 0 radical (unpaired) electrons. The zero-order chi connectivity index (χ0) is 20.5. The largest absolute Gasteiger partial charge is 0.463 e. The first-order valence-electron chi connectivity index (χ1n) is 9.61. The average Bonchev–Trinajstić information content (AvgIpc) is 3.02. The molecule has 7 nitrogen and oxygen atoms in total. The molecule has 0 N–H and O–H groups in total. The van der Waals surface area contributed by atoms with E-state index in [0.717, 1.165) is 16.6 Å². The maximum atomic E-state index is 12.2. The lowest BCUT2D eigenvalue weighted by atomic mass is 10.1. The van der Waals surface area contributed by atoms with Crippen molar-refractivity contribution in [1.82, 2.24) is 4.90 Å². The van der Waals surface area contributed by atoms with Gasteiger partial charge >= 0.3 is 12.1 Å². The van der Waals surface area contributed by atoms with Gasteiger partial charge < -0.3 is 23.7 Å². The van der Waals surface area contributed by atoms with Crippen LogP contribution in [0.25, 0.3) is 11.0 Å². The minimum atomic E-state index is -0.494. The third kappa shape index (κ3) is 4.24. The fraction of sp³-hybridized carbons (Fsp3) is 0.524. The highest BCUT2D eigenvalue weighted by Crippen LogP contribution is 2.31. The maximum Gasteiger partial charge on any atom is 0.410 e. The summed E-state index contributed by atoms with van der Waals surface area (Å²) >= 11 is 0. The summed E-state index contributed by atoms with van der Waals surface area (Å²) in [6.07, 6.45) is 1.18. The Bertz CT molecular complexity index is 873. The highest BCUT2D eigenvalue weighted by molar-refractivity contribution is 6.04. The Morgan fingerprint density at radius 2 is 1.82 bits per heavy atom. The van der Waals surface area contributed by atoms with E-state index in [1.165, 1.54) is 6.26 Å². The van der Waals surface area contributed by atoms with Gasteiger partial charge in [-0.25, -0.2) is 9.59 Å². The van der Waals surface area contributed by atoms with Crippen LogP contribution >= 0.6 is 0 Å². The fourth-order valence-electron chi connectivity index (χ4n) is 3.34. The molecule has 2 aromatic rings. The number of piperazine rings is 1. The molecular formula is C21H28N2O5. The number of benzene rings is 1. The van der Waals surface area contributed by atoms with Gasteiger partial charge in [-0.05, 0) is 46.2 Å². The molecule has 0 unspecified atom stereocenters. The number of carbonyl (C=O) groups is 2. The second-order valence-electron chi connectivity index (χ2n) is 7.96. The number of ether oxygens (including phenoxy) is 2. The molecule has 0 bridgehead atoms. The lowest BCUT2D eigenvalue weighted by molar-refractivity contribution is 0.0240. The number of rotatable bonds is 3. The number of aryl methyl sites for hydroxylation is 1. The summed E-state index contributed by atoms with van der Waals surface area (Å²) in [4.78, 5) is 28.3. The van der Waals surface area contributed by atoms with E-state index in [0.29, 0.717) is 43.9 Å². The number of furan rings is 1. The van der Waals surface area contributed by atoms with Crippen LogP contribution in [0.5, 0.6) is 0 Å². The van der Waals surface area contributed by atoms with Gasteiger partial charge in [0.05, 0.1) is 6.61 Å². The first-order valence-corrected chi connectivity index (χ1v) is 9.61. The molecule has 0 spiro atoms. The van der Waals surface area contributed by atoms with E-state index in [1.54, 1.807) is 11.8 Å². The smallest absolute Gasteiger partial charge is 0.410 e. The van der Waals surface area contributed by atoms with E-state index in [4.69, 9.17) is 13.9 Å². The molecule has 2 heterocycles. The number of hydrogen-bond acceptors (Lipinski definition) is 6. The number of anilines is 1. The van der Waals surface area contributed by atoms with Crippen molar-refractivity contribution < 1.29 is 23.5 Å². The lowest BCUT2D eigenvalue weighted by Crippen LogP contribution is -2.50. The first kappa shape index (κ1) is 20.0. The van der Waals surface area contributed by atoms with Crippen LogP contribution in [0.15, 0.2) is 22.8 Å².